The average molecular weight is 371 g/mol. The molecule has 0 bridgehead atoms. The van der Waals surface area contributed by atoms with E-state index in [1.165, 1.54) is 12.1 Å². The van der Waals surface area contributed by atoms with E-state index in [1.807, 2.05) is 24.3 Å². The van der Waals surface area contributed by atoms with Gasteiger partial charge in [0, 0.05) is 0 Å². The van der Waals surface area contributed by atoms with Crippen molar-refractivity contribution < 1.29 is 28.8 Å². The largest absolute Gasteiger partial charge is 0.545 e. The molecule has 0 fully saturated rings. The van der Waals surface area contributed by atoms with Crippen LogP contribution in [0.4, 0.5) is 0 Å². The minimum atomic E-state index is -1.21. The Kier molecular flexibility index (Phi) is 8.19. The predicted molar refractivity (Wildman–Crippen MR) is 99.5 cm³/mol. The number of rotatable bonds is 12. The molecule has 0 radical (unpaired) electrons. The van der Waals surface area contributed by atoms with E-state index in [0.717, 1.165) is 12.0 Å². The van der Waals surface area contributed by atoms with Gasteiger partial charge in [0.05, 0.1) is 26.3 Å². The van der Waals surface area contributed by atoms with E-state index in [1.54, 1.807) is 19.2 Å². The topological polar surface area (TPSA) is 77.1 Å². The lowest BCUT2D eigenvalue weighted by atomic mass is 10.1. The van der Waals surface area contributed by atoms with Gasteiger partial charge in [-0.1, -0.05) is 12.1 Å². The minimum absolute atomic E-state index is 0.115. The van der Waals surface area contributed by atoms with Crippen LogP contribution < -0.4 is 19.3 Å². The molecule has 0 atom stereocenters. The Balaban J connectivity index is 1.64. The van der Waals surface area contributed by atoms with Crippen LogP contribution >= 0.6 is 0 Å². The van der Waals surface area contributed by atoms with Gasteiger partial charge in [0.25, 0.3) is 0 Å². The normalized spacial score (nSPS) is 10.3. The van der Waals surface area contributed by atoms with Crippen LogP contribution in [0.25, 0.3) is 0 Å². The molecular weight excluding hydrogens is 348 g/mol. The van der Waals surface area contributed by atoms with E-state index in [0.29, 0.717) is 43.7 Å². The number of carboxylic acids is 1. The fourth-order valence-electron chi connectivity index (χ4n) is 2.34. The van der Waals surface area contributed by atoms with E-state index in [9.17, 15) is 9.90 Å². The first kappa shape index (κ1) is 20.3. The van der Waals surface area contributed by atoms with Crippen LogP contribution in [0.1, 0.15) is 15.9 Å². The molecule has 2 aromatic carbocycles. The molecule has 2 aromatic rings. The Bertz CT molecular complexity index is 739. The van der Waals surface area contributed by atoms with Crippen molar-refractivity contribution in [3.05, 3.63) is 66.2 Å². The van der Waals surface area contributed by atoms with Crippen molar-refractivity contribution >= 4 is 5.97 Å². The second-order valence-corrected chi connectivity index (χ2v) is 5.60. The van der Waals surface area contributed by atoms with E-state index < -0.39 is 5.97 Å². The van der Waals surface area contributed by atoms with Gasteiger partial charge >= 0.3 is 0 Å². The summed E-state index contributed by atoms with van der Waals surface area (Å²) < 4.78 is 22.0. The summed E-state index contributed by atoms with van der Waals surface area (Å²) in [4.78, 5) is 10.7. The molecule has 0 aliphatic heterocycles. The average Bonchev–Trinajstić information content (AvgIpc) is 2.68. The van der Waals surface area contributed by atoms with E-state index in [-0.39, 0.29) is 5.56 Å². The fourth-order valence-corrected chi connectivity index (χ4v) is 2.34. The van der Waals surface area contributed by atoms with Crippen molar-refractivity contribution in [1.29, 1.82) is 0 Å². The number of carbonyl (C=O) groups excluding carboxylic acids is 1. The van der Waals surface area contributed by atoms with Crippen molar-refractivity contribution in [2.45, 2.75) is 6.42 Å². The number of benzene rings is 2. The standard InChI is InChI=1S/C21H24O6/c1-3-4-16-5-10-19(20(15-16)24-2)27-14-12-25-11-13-26-18-8-6-17(7-9-18)21(22)23/h3,5-10,15H,1,4,11-14H2,2H3,(H,22,23)/p-1. The maximum atomic E-state index is 10.7. The SMILES string of the molecule is C=CCc1ccc(OCCOCCOc2ccc(C(=O)[O-])cc2)c(OC)c1. The van der Waals surface area contributed by atoms with Crippen LogP contribution in [0.3, 0.4) is 0 Å². The molecule has 0 saturated carbocycles. The summed E-state index contributed by atoms with van der Waals surface area (Å²) in [6.07, 6.45) is 2.61. The van der Waals surface area contributed by atoms with Crippen LogP contribution in [0.2, 0.25) is 0 Å². The van der Waals surface area contributed by atoms with Crippen molar-refractivity contribution in [2.75, 3.05) is 33.5 Å². The third kappa shape index (κ3) is 6.67. The fraction of sp³-hybridized carbons (Fsp3) is 0.286. The van der Waals surface area contributed by atoms with E-state index in [4.69, 9.17) is 18.9 Å². The smallest absolute Gasteiger partial charge is 0.161 e. The molecule has 6 heteroatoms. The van der Waals surface area contributed by atoms with Crippen LogP contribution in [0.5, 0.6) is 17.2 Å². The summed E-state index contributed by atoms with van der Waals surface area (Å²) in [5, 5.41) is 10.7. The Morgan fingerprint density at radius 2 is 1.70 bits per heavy atom. The first-order chi connectivity index (χ1) is 13.1. The number of methoxy groups -OCH3 is 1. The van der Waals surface area contributed by atoms with Gasteiger partial charge in [0.2, 0.25) is 0 Å². The highest BCUT2D eigenvalue weighted by Crippen LogP contribution is 2.28. The molecule has 0 aliphatic rings. The Morgan fingerprint density at radius 1 is 1.00 bits per heavy atom. The summed E-state index contributed by atoms with van der Waals surface area (Å²) in [6, 6.07) is 11.8. The molecule has 0 saturated heterocycles. The van der Waals surface area contributed by atoms with E-state index >= 15 is 0 Å². The molecule has 144 valence electrons. The molecule has 0 spiro atoms. The molecule has 0 unspecified atom stereocenters. The highest BCUT2D eigenvalue weighted by molar-refractivity contribution is 5.85. The summed E-state index contributed by atoms with van der Waals surface area (Å²) >= 11 is 0. The highest BCUT2D eigenvalue weighted by Gasteiger charge is 2.05. The second-order valence-electron chi connectivity index (χ2n) is 5.60. The van der Waals surface area contributed by atoms with Gasteiger partial charge in [0.15, 0.2) is 11.5 Å². The van der Waals surface area contributed by atoms with Gasteiger partial charge in [-0.25, -0.2) is 0 Å². The van der Waals surface area contributed by atoms with Crippen molar-refractivity contribution in [1.82, 2.24) is 0 Å². The second kappa shape index (κ2) is 10.9. The Labute approximate surface area is 158 Å². The molecule has 27 heavy (non-hydrogen) atoms. The van der Waals surface area contributed by atoms with Gasteiger partial charge in [-0.15, -0.1) is 6.58 Å². The molecule has 0 heterocycles. The Morgan fingerprint density at radius 3 is 2.33 bits per heavy atom. The lowest BCUT2D eigenvalue weighted by molar-refractivity contribution is -0.255. The molecule has 6 nitrogen and oxygen atoms in total. The van der Waals surface area contributed by atoms with Crippen LogP contribution in [-0.4, -0.2) is 39.5 Å². The third-order valence-electron chi connectivity index (χ3n) is 3.68. The highest BCUT2D eigenvalue weighted by atomic mass is 16.6. The molecular formula is C21H23O6-. The van der Waals surface area contributed by atoms with Crippen LogP contribution in [-0.2, 0) is 11.2 Å². The molecule has 2 rings (SSSR count). The predicted octanol–water partition coefficient (Wildman–Crippen LogP) is 2.26. The number of carboxylic acid groups (broad SMARTS) is 1. The Hall–Kier alpha value is -2.99. The number of allylic oxidation sites excluding steroid dienone is 1. The van der Waals surface area contributed by atoms with Gasteiger partial charge < -0.3 is 28.8 Å². The van der Waals surface area contributed by atoms with Crippen LogP contribution in [0.15, 0.2) is 55.1 Å². The summed E-state index contributed by atoms with van der Waals surface area (Å²) in [5.41, 5.74) is 1.22. The first-order valence-electron chi connectivity index (χ1n) is 8.56. The summed E-state index contributed by atoms with van der Waals surface area (Å²) in [5.74, 6) is 0.705. The summed E-state index contributed by atoms with van der Waals surface area (Å²) in [6.45, 7) is 5.26. The molecule has 0 N–H and O–H groups in total. The number of hydrogen-bond donors (Lipinski definition) is 0. The van der Waals surface area contributed by atoms with Crippen LogP contribution in [0, 0.1) is 0 Å². The van der Waals surface area contributed by atoms with Crippen molar-refractivity contribution in [3.63, 3.8) is 0 Å². The van der Waals surface area contributed by atoms with Crippen molar-refractivity contribution in [2.24, 2.45) is 0 Å². The van der Waals surface area contributed by atoms with E-state index in [2.05, 4.69) is 6.58 Å². The van der Waals surface area contributed by atoms with Gasteiger partial charge in [-0.05, 0) is 53.9 Å². The van der Waals surface area contributed by atoms with Gasteiger partial charge in [-0.2, -0.15) is 0 Å². The maximum absolute atomic E-state index is 10.7. The maximum Gasteiger partial charge on any atom is 0.161 e. The number of carbonyl (C=O) groups is 1. The zero-order valence-corrected chi connectivity index (χ0v) is 15.3. The quantitative estimate of drug-likeness (QED) is 0.421. The minimum Gasteiger partial charge on any atom is -0.545 e. The lowest BCUT2D eigenvalue weighted by Gasteiger charge is -2.12. The van der Waals surface area contributed by atoms with Crippen molar-refractivity contribution in [3.8, 4) is 17.2 Å². The van der Waals surface area contributed by atoms with Gasteiger partial charge in [-0.3, -0.25) is 0 Å². The summed E-state index contributed by atoms with van der Waals surface area (Å²) in [7, 11) is 1.60. The number of aromatic carboxylic acids is 1. The zero-order valence-electron chi connectivity index (χ0n) is 15.3. The number of hydrogen-bond acceptors (Lipinski definition) is 6. The lowest BCUT2D eigenvalue weighted by Crippen LogP contribution is -2.21. The molecule has 0 aromatic heterocycles. The third-order valence-corrected chi connectivity index (χ3v) is 3.68. The molecule has 0 amide bonds. The number of ether oxygens (including phenoxy) is 4. The van der Waals surface area contributed by atoms with Gasteiger partial charge in [0.1, 0.15) is 19.0 Å². The zero-order chi connectivity index (χ0) is 19.5. The first-order valence-corrected chi connectivity index (χ1v) is 8.56. The monoisotopic (exact) mass is 371 g/mol. The molecule has 0 aliphatic carbocycles.